The average Bonchev–Trinajstić information content (AvgIpc) is 2.80. The number of benzene rings is 1. The maximum absolute atomic E-state index is 5.23. The van der Waals surface area contributed by atoms with Crippen molar-refractivity contribution in [2.75, 3.05) is 17.7 Å². The lowest BCUT2D eigenvalue weighted by Gasteiger charge is -2.08. The molecule has 0 unspecified atom stereocenters. The predicted octanol–water partition coefficient (Wildman–Crippen LogP) is 2.60. The topological polar surface area (TPSA) is 51.1 Å². The second kappa shape index (κ2) is 6.31. The summed E-state index contributed by atoms with van der Waals surface area (Å²) in [5.74, 6) is 0. The lowest BCUT2D eigenvalue weighted by molar-refractivity contribution is 0.120. The van der Waals surface area contributed by atoms with E-state index < -0.39 is 0 Å². The second-order valence-electron chi connectivity index (χ2n) is 4.13. The number of aryl methyl sites for hydroxylation is 1. The van der Waals surface area contributed by atoms with Crippen molar-refractivity contribution in [1.29, 1.82) is 0 Å². The van der Waals surface area contributed by atoms with Crippen LogP contribution in [0.4, 0.5) is 11.4 Å². The fourth-order valence-electron chi connectivity index (χ4n) is 1.56. The van der Waals surface area contributed by atoms with E-state index >= 15 is 0 Å². The van der Waals surface area contributed by atoms with E-state index in [0.29, 0.717) is 11.8 Å². The Kier molecular flexibility index (Phi) is 4.48. The van der Waals surface area contributed by atoms with Crippen molar-refractivity contribution in [2.45, 2.75) is 13.7 Å². The van der Waals surface area contributed by atoms with Gasteiger partial charge in [0.2, 0.25) is 0 Å². The molecule has 1 heterocycles. The number of hydrogen-bond acceptors (Lipinski definition) is 3. The van der Waals surface area contributed by atoms with Crippen LogP contribution in [0.3, 0.4) is 0 Å². The summed E-state index contributed by atoms with van der Waals surface area (Å²) in [5, 5.41) is 10.8. The third kappa shape index (κ3) is 4.04. The Morgan fingerprint density at radius 1 is 1.26 bits per heavy atom. The summed E-state index contributed by atoms with van der Waals surface area (Å²) < 4.78 is 6.65. The number of aromatic nitrogens is 2. The van der Waals surface area contributed by atoms with Crippen LogP contribution in [0.15, 0.2) is 36.7 Å². The Morgan fingerprint density at radius 2 is 1.95 bits per heavy atom. The van der Waals surface area contributed by atoms with Crippen LogP contribution in [0.5, 0.6) is 0 Å². The van der Waals surface area contributed by atoms with Gasteiger partial charge in [-0.15, -0.1) is 0 Å². The van der Waals surface area contributed by atoms with E-state index in [1.165, 1.54) is 5.56 Å². The molecule has 2 aromatic rings. The fourth-order valence-corrected chi connectivity index (χ4v) is 1.80. The standard InChI is InChI=1S/C13H16N4OS/c1-10-3-5-11(6-4-10)15-13(19)16-12-7-14-17(8-12)9-18-2/h3-8H,9H2,1-2H3,(H2,15,16,19). The molecule has 0 aliphatic heterocycles. The monoisotopic (exact) mass is 276 g/mol. The summed E-state index contributed by atoms with van der Waals surface area (Å²) >= 11 is 5.23. The van der Waals surface area contributed by atoms with Crippen LogP contribution in [0.25, 0.3) is 0 Å². The van der Waals surface area contributed by atoms with Crippen molar-refractivity contribution in [3.63, 3.8) is 0 Å². The van der Waals surface area contributed by atoms with Crippen LogP contribution in [0.2, 0.25) is 0 Å². The first kappa shape index (κ1) is 13.5. The van der Waals surface area contributed by atoms with Gasteiger partial charge in [0.05, 0.1) is 18.1 Å². The molecule has 0 amide bonds. The zero-order valence-corrected chi connectivity index (χ0v) is 11.7. The number of nitrogens with zero attached hydrogens (tertiary/aromatic N) is 2. The molecule has 1 aromatic heterocycles. The van der Waals surface area contributed by atoms with Crippen molar-refractivity contribution >= 4 is 28.7 Å². The summed E-state index contributed by atoms with van der Waals surface area (Å²) in [4.78, 5) is 0. The smallest absolute Gasteiger partial charge is 0.175 e. The Morgan fingerprint density at radius 3 is 2.63 bits per heavy atom. The van der Waals surface area contributed by atoms with Crippen molar-refractivity contribution < 1.29 is 4.74 Å². The van der Waals surface area contributed by atoms with E-state index in [2.05, 4.69) is 15.7 Å². The van der Waals surface area contributed by atoms with Gasteiger partial charge in [-0.2, -0.15) is 5.10 Å². The molecule has 100 valence electrons. The molecule has 0 bridgehead atoms. The fraction of sp³-hybridized carbons (Fsp3) is 0.231. The molecule has 0 aliphatic carbocycles. The summed E-state index contributed by atoms with van der Waals surface area (Å²) in [6.45, 7) is 2.46. The molecule has 0 saturated heterocycles. The number of anilines is 2. The van der Waals surface area contributed by atoms with Crippen LogP contribution >= 0.6 is 12.2 Å². The zero-order valence-electron chi connectivity index (χ0n) is 10.9. The second-order valence-corrected chi connectivity index (χ2v) is 4.54. The molecule has 0 fully saturated rings. The van der Waals surface area contributed by atoms with Crippen molar-refractivity contribution in [3.8, 4) is 0 Å². The number of nitrogens with one attached hydrogen (secondary N) is 2. The lowest BCUT2D eigenvalue weighted by Crippen LogP contribution is -2.18. The summed E-state index contributed by atoms with van der Waals surface area (Å²) in [6, 6.07) is 8.03. The van der Waals surface area contributed by atoms with Gasteiger partial charge < -0.3 is 15.4 Å². The molecule has 0 saturated carbocycles. The van der Waals surface area contributed by atoms with E-state index in [4.69, 9.17) is 17.0 Å². The van der Waals surface area contributed by atoms with Gasteiger partial charge in [0.25, 0.3) is 0 Å². The van der Waals surface area contributed by atoms with E-state index in [0.717, 1.165) is 11.4 Å². The van der Waals surface area contributed by atoms with Gasteiger partial charge in [-0.25, -0.2) is 4.68 Å². The first-order valence-electron chi connectivity index (χ1n) is 5.83. The number of thiocarbonyl (C=S) groups is 1. The van der Waals surface area contributed by atoms with E-state index in [1.54, 1.807) is 18.0 Å². The molecule has 0 aliphatic rings. The van der Waals surface area contributed by atoms with E-state index in [1.807, 2.05) is 37.4 Å². The molecule has 19 heavy (non-hydrogen) atoms. The van der Waals surface area contributed by atoms with E-state index in [-0.39, 0.29) is 0 Å². The normalized spacial score (nSPS) is 10.2. The first-order valence-corrected chi connectivity index (χ1v) is 6.24. The quantitative estimate of drug-likeness (QED) is 0.841. The third-order valence-electron chi connectivity index (χ3n) is 2.46. The SMILES string of the molecule is COCn1cc(NC(=S)Nc2ccc(C)cc2)cn1. The van der Waals surface area contributed by atoms with Gasteiger partial charge in [-0.1, -0.05) is 17.7 Å². The van der Waals surface area contributed by atoms with E-state index in [9.17, 15) is 0 Å². The average molecular weight is 276 g/mol. The highest BCUT2D eigenvalue weighted by Crippen LogP contribution is 2.10. The minimum absolute atomic E-state index is 0.417. The van der Waals surface area contributed by atoms with Crippen LogP contribution in [0.1, 0.15) is 5.56 Å². The largest absolute Gasteiger partial charge is 0.362 e. The summed E-state index contributed by atoms with van der Waals surface area (Å²) in [5.41, 5.74) is 2.99. The van der Waals surface area contributed by atoms with Crippen molar-refractivity contribution in [1.82, 2.24) is 9.78 Å². The molecule has 2 N–H and O–H groups in total. The van der Waals surface area contributed by atoms with Gasteiger partial charge >= 0.3 is 0 Å². The maximum Gasteiger partial charge on any atom is 0.175 e. The predicted molar refractivity (Wildman–Crippen MR) is 80.3 cm³/mol. The summed E-state index contributed by atoms with van der Waals surface area (Å²) in [7, 11) is 1.62. The molecule has 0 radical (unpaired) electrons. The van der Waals surface area contributed by atoms with Crippen LogP contribution in [-0.2, 0) is 11.5 Å². The molecule has 6 heteroatoms. The highest BCUT2D eigenvalue weighted by atomic mass is 32.1. The van der Waals surface area contributed by atoms with Gasteiger partial charge in [0.15, 0.2) is 5.11 Å². The van der Waals surface area contributed by atoms with Gasteiger partial charge in [0.1, 0.15) is 6.73 Å². The van der Waals surface area contributed by atoms with Crippen molar-refractivity contribution in [2.24, 2.45) is 0 Å². The zero-order chi connectivity index (χ0) is 13.7. The van der Waals surface area contributed by atoms with Crippen LogP contribution < -0.4 is 10.6 Å². The van der Waals surface area contributed by atoms with Crippen LogP contribution in [-0.4, -0.2) is 22.0 Å². The minimum Gasteiger partial charge on any atom is -0.362 e. The highest BCUT2D eigenvalue weighted by Gasteiger charge is 2.01. The molecular formula is C13H16N4OS. The third-order valence-corrected chi connectivity index (χ3v) is 2.67. The maximum atomic E-state index is 5.23. The van der Waals surface area contributed by atoms with Crippen LogP contribution in [0, 0.1) is 6.92 Å². The lowest BCUT2D eigenvalue weighted by atomic mass is 10.2. The first-order chi connectivity index (χ1) is 9.17. The number of rotatable bonds is 4. The van der Waals surface area contributed by atoms with Gasteiger partial charge in [-0.05, 0) is 31.3 Å². The highest BCUT2D eigenvalue weighted by molar-refractivity contribution is 7.80. The molecule has 2 rings (SSSR count). The number of ether oxygens (including phenoxy) is 1. The molecule has 1 aromatic carbocycles. The Labute approximate surface area is 117 Å². The Balaban J connectivity index is 1.91. The van der Waals surface area contributed by atoms with Gasteiger partial charge in [0, 0.05) is 12.8 Å². The van der Waals surface area contributed by atoms with Gasteiger partial charge in [-0.3, -0.25) is 0 Å². The van der Waals surface area contributed by atoms with Crippen molar-refractivity contribution in [3.05, 3.63) is 42.2 Å². The Bertz CT molecular complexity index is 550. The number of methoxy groups -OCH3 is 1. The number of hydrogen-bond donors (Lipinski definition) is 2. The molecule has 0 spiro atoms. The summed E-state index contributed by atoms with van der Waals surface area (Å²) in [6.07, 6.45) is 3.52. The Hall–Kier alpha value is -1.92. The molecular weight excluding hydrogens is 260 g/mol. The molecule has 0 atom stereocenters. The minimum atomic E-state index is 0.417. The molecule has 5 nitrogen and oxygen atoms in total.